The minimum absolute atomic E-state index is 0. The second-order valence-corrected chi connectivity index (χ2v) is 6.37. The van der Waals surface area contributed by atoms with Crippen molar-refractivity contribution in [1.29, 1.82) is 0 Å². The van der Waals surface area contributed by atoms with Crippen molar-refractivity contribution >= 4 is 41.3 Å². The monoisotopic (exact) mass is 466 g/mol. The number of halogens is 3. The summed E-state index contributed by atoms with van der Waals surface area (Å²) in [6.45, 7) is 5.10. The molecule has 1 aromatic heterocycles. The van der Waals surface area contributed by atoms with Crippen LogP contribution in [0, 0.1) is 25.5 Å². The summed E-state index contributed by atoms with van der Waals surface area (Å²) in [7, 11) is 1.68. The molecule has 0 saturated heterocycles. The highest BCUT2D eigenvalue weighted by molar-refractivity contribution is 14.0. The molecule has 1 heterocycles. The molecular formula is C16H21F2IN4S. The summed E-state index contributed by atoms with van der Waals surface area (Å²) in [5, 5.41) is 7.36. The van der Waals surface area contributed by atoms with Gasteiger partial charge in [0.05, 0.1) is 17.2 Å². The summed E-state index contributed by atoms with van der Waals surface area (Å²) in [4.78, 5) is 9.67. The molecule has 0 aliphatic carbocycles. The van der Waals surface area contributed by atoms with E-state index in [0.29, 0.717) is 31.0 Å². The van der Waals surface area contributed by atoms with Gasteiger partial charge < -0.3 is 10.6 Å². The zero-order valence-electron chi connectivity index (χ0n) is 13.8. The molecule has 0 unspecified atom stereocenters. The molecule has 0 bridgehead atoms. The van der Waals surface area contributed by atoms with Gasteiger partial charge in [-0.15, -0.1) is 35.3 Å². The number of rotatable bonds is 5. The largest absolute Gasteiger partial charge is 0.356 e. The van der Waals surface area contributed by atoms with Gasteiger partial charge in [-0.3, -0.25) is 4.99 Å². The van der Waals surface area contributed by atoms with Gasteiger partial charge in [-0.25, -0.2) is 13.8 Å². The van der Waals surface area contributed by atoms with Crippen LogP contribution in [0.5, 0.6) is 0 Å². The van der Waals surface area contributed by atoms with Crippen LogP contribution in [0.2, 0.25) is 0 Å². The minimum atomic E-state index is -0.563. The first-order chi connectivity index (χ1) is 11.0. The van der Waals surface area contributed by atoms with Crippen molar-refractivity contribution in [3.8, 4) is 0 Å². The zero-order chi connectivity index (χ0) is 16.8. The first kappa shape index (κ1) is 20.8. The number of hydrogen-bond donors (Lipinski definition) is 2. The molecule has 4 nitrogen and oxygen atoms in total. The first-order valence-corrected chi connectivity index (χ1v) is 8.12. The van der Waals surface area contributed by atoms with Crippen LogP contribution in [0.25, 0.3) is 0 Å². The Hall–Kier alpha value is -1.29. The van der Waals surface area contributed by atoms with Gasteiger partial charge in [0, 0.05) is 24.5 Å². The predicted octanol–water partition coefficient (Wildman–Crippen LogP) is 3.56. The molecule has 2 N–H and O–H groups in total. The number of aryl methyl sites for hydroxylation is 2. The number of nitrogens with zero attached hydrogens (tertiary/aromatic N) is 2. The van der Waals surface area contributed by atoms with E-state index in [1.807, 2.05) is 13.8 Å². The Morgan fingerprint density at radius 2 is 2.00 bits per heavy atom. The van der Waals surface area contributed by atoms with Gasteiger partial charge in [-0.05, 0) is 31.9 Å². The van der Waals surface area contributed by atoms with Crippen molar-refractivity contribution in [2.45, 2.75) is 26.8 Å². The molecule has 0 aliphatic heterocycles. The molecule has 0 spiro atoms. The molecule has 0 radical (unpaired) electrons. The molecule has 24 heavy (non-hydrogen) atoms. The number of benzene rings is 1. The minimum Gasteiger partial charge on any atom is -0.356 e. The standard InChI is InChI=1S/C16H20F2N4S.HI/c1-10-15(23-11(2)22-10)9-21-16(19-3)20-7-6-12-4-5-13(17)8-14(12)18;/h4-5,8H,6-7,9H2,1-3H3,(H2,19,20,21);1H. The quantitative estimate of drug-likeness (QED) is 0.403. The molecule has 8 heteroatoms. The van der Waals surface area contributed by atoms with Crippen LogP contribution < -0.4 is 10.6 Å². The van der Waals surface area contributed by atoms with Gasteiger partial charge >= 0.3 is 0 Å². The summed E-state index contributed by atoms with van der Waals surface area (Å²) in [5.74, 6) is -0.449. The number of hydrogen-bond acceptors (Lipinski definition) is 3. The number of thiazole rings is 1. The van der Waals surface area contributed by atoms with Crippen LogP contribution in [-0.4, -0.2) is 24.5 Å². The maximum absolute atomic E-state index is 13.6. The van der Waals surface area contributed by atoms with Crippen LogP contribution in [-0.2, 0) is 13.0 Å². The number of nitrogens with one attached hydrogen (secondary N) is 2. The lowest BCUT2D eigenvalue weighted by atomic mass is 10.1. The lowest BCUT2D eigenvalue weighted by Crippen LogP contribution is -2.37. The highest BCUT2D eigenvalue weighted by Gasteiger charge is 2.07. The molecule has 0 saturated carbocycles. The van der Waals surface area contributed by atoms with E-state index < -0.39 is 11.6 Å². The van der Waals surface area contributed by atoms with Gasteiger partial charge in [0.25, 0.3) is 0 Å². The number of aliphatic imine (C=N–C) groups is 1. The average Bonchev–Trinajstić information content (AvgIpc) is 2.82. The highest BCUT2D eigenvalue weighted by atomic mass is 127. The fourth-order valence-corrected chi connectivity index (χ4v) is 3.04. The van der Waals surface area contributed by atoms with E-state index >= 15 is 0 Å². The molecule has 0 amide bonds. The third kappa shape index (κ3) is 5.97. The Bertz CT molecular complexity index is 703. The van der Waals surface area contributed by atoms with Crippen LogP contribution in [0.1, 0.15) is 21.1 Å². The van der Waals surface area contributed by atoms with E-state index in [2.05, 4.69) is 20.6 Å². The lowest BCUT2D eigenvalue weighted by Gasteiger charge is -2.11. The van der Waals surface area contributed by atoms with Crippen molar-refractivity contribution < 1.29 is 8.78 Å². The maximum atomic E-state index is 13.6. The van der Waals surface area contributed by atoms with E-state index in [4.69, 9.17) is 0 Å². The first-order valence-electron chi connectivity index (χ1n) is 7.31. The number of aromatic nitrogens is 1. The normalized spacial score (nSPS) is 11.1. The van der Waals surface area contributed by atoms with Crippen LogP contribution >= 0.6 is 35.3 Å². The van der Waals surface area contributed by atoms with Crippen molar-refractivity contribution in [3.05, 3.63) is 51.0 Å². The van der Waals surface area contributed by atoms with Crippen molar-refractivity contribution in [1.82, 2.24) is 15.6 Å². The molecule has 0 atom stereocenters. The number of guanidine groups is 1. The van der Waals surface area contributed by atoms with E-state index in [1.54, 1.807) is 18.4 Å². The highest BCUT2D eigenvalue weighted by Crippen LogP contribution is 2.16. The Balaban J connectivity index is 0.00000288. The summed E-state index contributed by atoms with van der Waals surface area (Å²) in [6.07, 6.45) is 0.450. The Labute approximate surface area is 161 Å². The second-order valence-electron chi connectivity index (χ2n) is 5.08. The van der Waals surface area contributed by atoms with Crippen LogP contribution in [0.15, 0.2) is 23.2 Å². The van der Waals surface area contributed by atoms with E-state index in [0.717, 1.165) is 21.6 Å². The third-order valence-electron chi connectivity index (χ3n) is 3.34. The molecule has 2 aromatic rings. The Morgan fingerprint density at radius 3 is 2.58 bits per heavy atom. The summed E-state index contributed by atoms with van der Waals surface area (Å²) < 4.78 is 26.4. The maximum Gasteiger partial charge on any atom is 0.191 e. The van der Waals surface area contributed by atoms with Crippen LogP contribution in [0.3, 0.4) is 0 Å². The molecule has 132 valence electrons. The van der Waals surface area contributed by atoms with E-state index in [9.17, 15) is 8.78 Å². The van der Waals surface area contributed by atoms with Gasteiger partial charge in [0.1, 0.15) is 11.6 Å². The molecule has 1 aromatic carbocycles. The summed E-state index contributed by atoms with van der Waals surface area (Å²) in [6, 6.07) is 3.63. The average molecular weight is 466 g/mol. The Morgan fingerprint density at radius 1 is 1.25 bits per heavy atom. The second kappa shape index (κ2) is 9.87. The predicted molar refractivity (Wildman–Crippen MR) is 105 cm³/mol. The van der Waals surface area contributed by atoms with Gasteiger partial charge in [0.15, 0.2) is 5.96 Å². The lowest BCUT2D eigenvalue weighted by molar-refractivity contribution is 0.570. The smallest absolute Gasteiger partial charge is 0.191 e. The zero-order valence-corrected chi connectivity index (χ0v) is 17.0. The SMILES string of the molecule is CN=C(NCCc1ccc(F)cc1F)NCc1sc(C)nc1C.I. The third-order valence-corrected chi connectivity index (χ3v) is 4.41. The van der Waals surface area contributed by atoms with Crippen LogP contribution in [0.4, 0.5) is 8.78 Å². The van der Waals surface area contributed by atoms with Crippen molar-refractivity contribution in [2.75, 3.05) is 13.6 Å². The van der Waals surface area contributed by atoms with E-state index in [-0.39, 0.29) is 24.0 Å². The van der Waals surface area contributed by atoms with Gasteiger partial charge in [0.2, 0.25) is 0 Å². The van der Waals surface area contributed by atoms with Crippen molar-refractivity contribution in [2.24, 2.45) is 4.99 Å². The van der Waals surface area contributed by atoms with Gasteiger partial charge in [-0.2, -0.15) is 0 Å². The topological polar surface area (TPSA) is 49.3 Å². The van der Waals surface area contributed by atoms with Gasteiger partial charge in [-0.1, -0.05) is 6.07 Å². The molecule has 0 fully saturated rings. The molecule has 0 aliphatic rings. The van der Waals surface area contributed by atoms with E-state index in [1.165, 1.54) is 12.1 Å². The molecule has 2 rings (SSSR count). The fraction of sp³-hybridized carbons (Fsp3) is 0.375. The molecular weight excluding hydrogens is 445 g/mol. The van der Waals surface area contributed by atoms with Crippen molar-refractivity contribution in [3.63, 3.8) is 0 Å². The summed E-state index contributed by atoms with van der Waals surface area (Å²) in [5.41, 5.74) is 1.49. The summed E-state index contributed by atoms with van der Waals surface area (Å²) >= 11 is 1.65. The fourth-order valence-electron chi connectivity index (χ4n) is 2.16. The Kier molecular flexibility index (Phi) is 8.54.